The van der Waals surface area contributed by atoms with Crippen molar-refractivity contribution in [1.29, 1.82) is 0 Å². The lowest BCUT2D eigenvalue weighted by Gasteiger charge is -2.19. The summed E-state index contributed by atoms with van der Waals surface area (Å²) < 4.78 is 0. The molecule has 0 saturated heterocycles. The minimum Gasteiger partial charge on any atom is -0.369 e. The lowest BCUT2D eigenvalue weighted by molar-refractivity contribution is 1.20. The van der Waals surface area contributed by atoms with E-state index in [1.54, 1.807) is 45.1 Å². The highest BCUT2D eigenvalue weighted by Crippen LogP contribution is 2.42. The van der Waals surface area contributed by atoms with Crippen LogP contribution >= 0.6 is 68.3 Å². The van der Waals surface area contributed by atoms with E-state index in [-0.39, 0.29) is 0 Å². The third-order valence-electron chi connectivity index (χ3n) is 6.11. The van der Waals surface area contributed by atoms with E-state index >= 15 is 0 Å². The largest absolute Gasteiger partial charge is 0.369 e. The van der Waals surface area contributed by atoms with Gasteiger partial charge in [-0.1, -0.05) is 70.8 Å². The van der Waals surface area contributed by atoms with Crippen molar-refractivity contribution in [1.82, 2.24) is 0 Å². The maximum Gasteiger partial charge on any atom is 0.200 e. The monoisotopic (exact) mass is 702 g/mol. The molecule has 0 aliphatic carbocycles. The van der Waals surface area contributed by atoms with Crippen LogP contribution in [0.4, 0.5) is 22.7 Å². The minimum absolute atomic E-state index is 0.341. The van der Waals surface area contributed by atoms with Gasteiger partial charge < -0.3 is 21.3 Å². The maximum absolute atomic E-state index is 6.48. The highest BCUT2D eigenvalue weighted by molar-refractivity contribution is 8.76. The van der Waals surface area contributed by atoms with E-state index in [4.69, 9.17) is 34.7 Å². The van der Waals surface area contributed by atoms with Crippen molar-refractivity contribution in [2.75, 3.05) is 36.4 Å². The summed E-state index contributed by atoms with van der Waals surface area (Å²) in [7, 11) is 6.90. The first-order valence-electron chi connectivity index (χ1n) is 13.6. The highest BCUT2D eigenvalue weighted by atomic mass is 35.5. The summed E-state index contributed by atoms with van der Waals surface area (Å²) >= 11 is 16.3. The van der Waals surface area contributed by atoms with E-state index < -0.39 is 0 Å². The molecule has 0 fully saturated rings. The quantitative estimate of drug-likeness (QED) is 0.0772. The molecule has 232 valence electrons. The highest BCUT2D eigenvalue weighted by Gasteiger charge is 2.11. The summed E-state index contributed by atoms with van der Waals surface area (Å²) in [4.78, 5) is 17.1. The van der Waals surface area contributed by atoms with Crippen molar-refractivity contribution in [2.45, 2.75) is 33.4 Å². The Balaban J connectivity index is 0.00000259. The lowest BCUT2D eigenvalue weighted by atomic mass is 10.3. The van der Waals surface area contributed by atoms with Crippen LogP contribution in [0.3, 0.4) is 0 Å². The Labute approximate surface area is 287 Å². The molecule has 0 aliphatic rings. The molecule has 4 rings (SSSR count). The number of rotatable bonds is 9. The lowest BCUT2D eigenvalue weighted by Crippen LogP contribution is -2.33. The van der Waals surface area contributed by atoms with E-state index in [0.717, 1.165) is 31.0 Å². The summed E-state index contributed by atoms with van der Waals surface area (Å²) in [5.41, 5.74) is 15.8. The van der Waals surface area contributed by atoms with Crippen LogP contribution in [-0.4, -0.2) is 38.5 Å². The summed E-state index contributed by atoms with van der Waals surface area (Å²) in [6, 6.07) is 27.6. The molecule has 0 unspecified atom stereocenters. The number of thioether (sulfide) groups is 2. The summed E-state index contributed by atoms with van der Waals surface area (Å²) in [6.07, 6.45) is 4.08. The number of hydrogen-bond acceptors (Lipinski definition) is 6. The van der Waals surface area contributed by atoms with Crippen LogP contribution in [0.15, 0.2) is 114 Å². The number of benzene rings is 4. The molecule has 0 spiro atoms. The van der Waals surface area contributed by atoms with Crippen LogP contribution in [0.2, 0.25) is 10.0 Å². The van der Waals surface area contributed by atoms with Crippen LogP contribution in [0.25, 0.3) is 0 Å². The molecule has 4 aromatic carbocycles. The number of nitrogens with two attached hydrogens (primary N) is 2. The second-order valence-electron chi connectivity index (χ2n) is 8.85. The Morgan fingerprint density at radius 2 is 0.977 bits per heavy atom. The summed E-state index contributed by atoms with van der Waals surface area (Å²) in [5.74, 6) is 0.681. The van der Waals surface area contributed by atoms with Gasteiger partial charge in [0.25, 0.3) is 0 Å². The van der Waals surface area contributed by atoms with Crippen LogP contribution in [0, 0.1) is 0 Å². The van der Waals surface area contributed by atoms with Gasteiger partial charge in [-0.25, -0.2) is 9.98 Å². The normalized spacial score (nSPS) is 11.5. The molecule has 0 aliphatic heterocycles. The van der Waals surface area contributed by atoms with Gasteiger partial charge in [0.1, 0.15) is 0 Å². The third kappa shape index (κ3) is 9.95. The van der Waals surface area contributed by atoms with Gasteiger partial charge in [-0.05, 0) is 85.3 Å². The zero-order valence-electron chi connectivity index (χ0n) is 25.4. The predicted molar refractivity (Wildman–Crippen MR) is 202 cm³/mol. The van der Waals surface area contributed by atoms with Crippen molar-refractivity contribution in [3.05, 3.63) is 95.0 Å². The minimum atomic E-state index is 0.341. The van der Waals surface area contributed by atoms with Crippen molar-refractivity contribution in [3.63, 3.8) is 0 Å². The SMILES string of the molecule is CC.CSc1cccc(N(C)C(N)=Nc2cc(SSc3ccc(Cl)c(N=C(N)N(C)c4cccc(SC)c4)c3)ccc2Cl)c1. The molecule has 12 heteroatoms. The fourth-order valence-electron chi connectivity index (χ4n) is 3.66. The van der Waals surface area contributed by atoms with Crippen LogP contribution in [0.5, 0.6) is 0 Å². The van der Waals surface area contributed by atoms with Gasteiger partial charge in [0.05, 0.1) is 21.4 Å². The Morgan fingerprint density at radius 3 is 1.34 bits per heavy atom. The molecule has 6 nitrogen and oxygen atoms in total. The Kier molecular flexibility index (Phi) is 14.5. The molecule has 44 heavy (non-hydrogen) atoms. The number of guanidine groups is 2. The first-order valence-corrected chi connectivity index (χ1v) is 18.9. The average molecular weight is 704 g/mol. The smallest absolute Gasteiger partial charge is 0.200 e. The van der Waals surface area contributed by atoms with Crippen molar-refractivity contribution >= 4 is 103 Å². The van der Waals surface area contributed by atoms with Crippen LogP contribution in [0.1, 0.15) is 13.8 Å². The van der Waals surface area contributed by atoms with Crippen LogP contribution in [-0.2, 0) is 0 Å². The fraction of sp³-hybridized carbons (Fsp3) is 0.188. The molecule has 0 bridgehead atoms. The van der Waals surface area contributed by atoms with Crippen molar-refractivity contribution < 1.29 is 0 Å². The Hall–Kier alpha value is -2.60. The van der Waals surface area contributed by atoms with Gasteiger partial charge in [-0.3, -0.25) is 0 Å². The van der Waals surface area contributed by atoms with E-state index in [1.807, 2.05) is 111 Å². The van der Waals surface area contributed by atoms with E-state index in [9.17, 15) is 0 Å². The molecular formula is C32H36Cl2N6S4. The van der Waals surface area contributed by atoms with Gasteiger partial charge in [0.2, 0.25) is 11.9 Å². The second kappa shape index (κ2) is 17.8. The van der Waals surface area contributed by atoms with E-state index in [1.165, 1.54) is 0 Å². The van der Waals surface area contributed by atoms with E-state index in [0.29, 0.717) is 33.3 Å². The van der Waals surface area contributed by atoms with Crippen molar-refractivity contribution in [3.8, 4) is 0 Å². The third-order valence-corrected chi connectivity index (χ3v) is 10.6. The topological polar surface area (TPSA) is 83.2 Å². The molecule has 0 radical (unpaired) electrons. The van der Waals surface area contributed by atoms with Gasteiger partial charge >= 0.3 is 0 Å². The summed E-state index contributed by atoms with van der Waals surface area (Å²) in [5, 5.41) is 1.04. The molecular weight excluding hydrogens is 668 g/mol. The Morgan fingerprint density at radius 1 is 0.591 bits per heavy atom. The molecule has 0 heterocycles. The molecule has 0 atom stereocenters. The van der Waals surface area contributed by atoms with E-state index in [2.05, 4.69) is 34.3 Å². The molecule has 4 N–H and O–H groups in total. The Bertz CT molecular complexity index is 1500. The first kappa shape index (κ1) is 35.9. The fourth-order valence-corrected chi connectivity index (χ4v) is 6.84. The van der Waals surface area contributed by atoms with Gasteiger partial charge in [0.15, 0.2) is 0 Å². The number of anilines is 2. The number of halogens is 2. The zero-order valence-corrected chi connectivity index (χ0v) is 30.2. The number of aliphatic imine (C=N–C) groups is 2. The molecule has 0 aromatic heterocycles. The van der Waals surface area contributed by atoms with Crippen molar-refractivity contribution in [2.24, 2.45) is 21.5 Å². The predicted octanol–water partition coefficient (Wildman–Crippen LogP) is 10.4. The van der Waals surface area contributed by atoms with Gasteiger partial charge in [-0.15, -0.1) is 23.5 Å². The average Bonchev–Trinajstić information content (AvgIpc) is 3.06. The summed E-state index contributed by atoms with van der Waals surface area (Å²) in [6.45, 7) is 4.00. The maximum atomic E-state index is 6.48. The molecule has 4 aromatic rings. The van der Waals surface area contributed by atoms with Gasteiger partial charge in [-0.2, -0.15) is 0 Å². The second-order valence-corrected chi connectivity index (χ2v) is 13.7. The van der Waals surface area contributed by atoms with Crippen LogP contribution < -0.4 is 21.3 Å². The molecule has 0 saturated carbocycles. The van der Waals surface area contributed by atoms with Gasteiger partial charge in [0, 0.05) is 45.1 Å². The molecule has 0 amide bonds. The number of hydrogen-bond donors (Lipinski definition) is 2. The standard InChI is InChI=1S/C30H30Cl2N6S4.C2H6/c1-37(19-7-5-9-21(15-19)39-3)29(33)35-27-17-23(11-13-25(27)31)41-42-24-12-14-26(32)28(18-24)36-30(34)38(2)20-8-6-10-22(16-20)40-4;1-2/h5-18H,1-4H3,(H2,33,35)(H2,34,36);1-2H3. The zero-order chi connectivity index (χ0) is 32.2. The first-order chi connectivity index (χ1) is 21.2. The number of nitrogens with zero attached hydrogens (tertiary/aromatic N) is 4.